The van der Waals surface area contributed by atoms with E-state index in [1.54, 1.807) is 0 Å². The second kappa shape index (κ2) is 11.5. The summed E-state index contributed by atoms with van der Waals surface area (Å²) in [6.45, 7) is 4.61. The zero-order valence-corrected chi connectivity index (χ0v) is 9.76. The molecular formula is C11H24N2O2. The number of amides is 1. The van der Waals surface area contributed by atoms with Crippen molar-refractivity contribution in [1.29, 1.82) is 0 Å². The molecular weight excluding hydrogens is 192 g/mol. The van der Waals surface area contributed by atoms with E-state index in [0.717, 1.165) is 13.0 Å². The molecule has 0 fully saturated rings. The van der Waals surface area contributed by atoms with Crippen LogP contribution in [0, 0.1) is 0 Å². The summed E-state index contributed by atoms with van der Waals surface area (Å²) in [4.78, 5) is 10.4. The highest BCUT2D eigenvalue weighted by molar-refractivity contribution is 5.75. The van der Waals surface area contributed by atoms with E-state index in [0.29, 0.717) is 13.2 Å². The minimum Gasteiger partial charge on any atom is -0.380 e. The van der Waals surface area contributed by atoms with Gasteiger partial charge in [-0.1, -0.05) is 32.6 Å². The summed E-state index contributed by atoms with van der Waals surface area (Å²) < 4.78 is 5.38. The molecule has 4 nitrogen and oxygen atoms in total. The van der Waals surface area contributed by atoms with Crippen LogP contribution in [0.25, 0.3) is 0 Å². The van der Waals surface area contributed by atoms with Crippen LogP contribution >= 0.6 is 0 Å². The molecule has 90 valence electrons. The highest BCUT2D eigenvalue weighted by atomic mass is 16.5. The first kappa shape index (κ1) is 14.4. The Morgan fingerprint density at radius 2 is 1.93 bits per heavy atom. The lowest BCUT2D eigenvalue weighted by molar-refractivity contribution is -0.117. The molecule has 0 rings (SSSR count). The molecule has 0 radical (unpaired) electrons. The molecule has 0 atom stereocenters. The van der Waals surface area contributed by atoms with Crippen LogP contribution < -0.4 is 11.1 Å². The first-order valence-corrected chi connectivity index (χ1v) is 5.84. The summed E-state index contributed by atoms with van der Waals surface area (Å²) in [5, 5.41) is 2.90. The highest BCUT2D eigenvalue weighted by Gasteiger charge is 1.93. The molecule has 0 heterocycles. The number of nitrogens with one attached hydrogen (secondary N) is 1. The average Bonchev–Trinajstić information content (AvgIpc) is 2.20. The van der Waals surface area contributed by atoms with E-state index < -0.39 is 0 Å². The van der Waals surface area contributed by atoms with Crippen molar-refractivity contribution in [2.24, 2.45) is 5.73 Å². The minimum absolute atomic E-state index is 0.236. The van der Waals surface area contributed by atoms with Gasteiger partial charge >= 0.3 is 0 Å². The van der Waals surface area contributed by atoms with Crippen molar-refractivity contribution in [2.75, 3.05) is 26.3 Å². The van der Waals surface area contributed by atoms with Crippen LogP contribution in [0.15, 0.2) is 0 Å². The Morgan fingerprint density at radius 1 is 1.20 bits per heavy atom. The second-order valence-electron chi connectivity index (χ2n) is 3.67. The Morgan fingerprint density at radius 3 is 2.60 bits per heavy atom. The number of hydrogen-bond donors (Lipinski definition) is 2. The van der Waals surface area contributed by atoms with Crippen molar-refractivity contribution in [2.45, 2.75) is 39.0 Å². The van der Waals surface area contributed by atoms with E-state index in [9.17, 15) is 4.79 Å². The molecule has 0 unspecified atom stereocenters. The van der Waals surface area contributed by atoms with Crippen LogP contribution in [-0.2, 0) is 9.53 Å². The zero-order chi connectivity index (χ0) is 11.4. The third kappa shape index (κ3) is 13.4. The van der Waals surface area contributed by atoms with Gasteiger partial charge in [-0.05, 0) is 6.42 Å². The number of rotatable bonds is 11. The smallest absolute Gasteiger partial charge is 0.231 e. The van der Waals surface area contributed by atoms with Gasteiger partial charge in [0.15, 0.2) is 0 Å². The lowest BCUT2D eigenvalue weighted by atomic mass is 10.2. The molecule has 4 heteroatoms. The van der Waals surface area contributed by atoms with Gasteiger partial charge in [-0.15, -0.1) is 0 Å². The van der Waals surface area contributed by atoms with Gasteiger partial charge in [-0.3, -0.25) is 4.79 Å². The molecule has 0 aliphatic heterocycles. The number of nitrogens with two attached hydrogens (primary N) is 1. The maximum atomic E-state index is 10.4. The van der Waals surface area contributed by atoms with Gasteiger partial charge in [0.1, 0.15) is 0 Å². The van der Waals surface area contributed by atoms with E-state index >= 15 is 0 Å². The van der Waals surface area contributed by atoms with Crippen LogP contribution in [0.3, 0.4) is 0 Å². The zero-order valence-electron chi connectivity index (χ0n) is 9.76. The summed E-state index contributed by atoms with van der Waals surface area (Å²) >= 11 is 0. The van der Waals surface area contributed by atoms with Gasteiger partial charge in [-0.2, -0.15) is 0 Å². The maximum Gasteiger partial charge on any atom is 0.231 e. The fraction of sp³-hybridized carbons (Fsp3) is 0.909. The number of carbonyl (C=O) groups excluding carboxylic acids is 1. The summed E-state index contributed by atoms with van der Waals surface area (Å²) in [6.07, 6.45) is 6.29. The Kier molecular flexibility index (Phi) is 11.0. The molecule has 0 aromatic rings. The number of hydrogen-bond acceptors (Lipinski definition) is 3. The first-order valence-electron chi connectivity index (χ1n) is 5.84. The van der Waals surface area contributed by atoms with Gasteiger partial charge in [0, 0.05) is 13.2 Å². The number of unbranched alkanes of at least 4 members (excludes halogenated alkanes) is 4. The molecule has 0 spiro atoms. The van der Waals surface area contributed by atoms with E-state index in [-0.39, 0.29) is 12.5 Å². The molecule has 15 heavy (non-hydrogen) atoms. The van der Waals surface area contributed by atoms with Crippen molar-refractivity contribution in [3.8, 4) is 0 Å². The third-order valence-electron chi connectivity index (χ3n) is 2.11. The maximum absolute atomic E-state index is 10.4. The lowest BCUT2D eigenvalue weighted by Gasteiger charge is -2.04. The predicted molar refractivity (Wildman–Crippen MR) is 61.6 cm³/mol. The van der Waals surface area contributed by atoms with Crippen LogP contribution in [0.4, 0.5) is 0 Å². The highest BCUT2D eigenvalue weighted by Crippen LogP contribution is 2.01. The fourth-order valence-electron chi connectivity index (χ4n) is 1.27. The topological polar surface area (TPSA) is 64.3 Å². The molecule has 3 N–H and O–H groups in total. The van der Waals surface area contributed by atoms with Crippen LogP contribution in [0.2, 0.25) is 0 Å². The Balaban J connectivity index is 2.89. The first-order chi connectivity index (χ1) is 7.27. The van der Waals surface area contributed by atoms with E-state index in [2.05, 4.69) is 12.2 Å². The van der Waals surface area contributed by atoms with Gasteiger partial charge in [0.05, 0.1) is 13.2 Å². The molecule has 0 aromatic carbocycles. The standard InChI is InChI=1S/C11H24N2O2/c1-2-3-4-5-6-8-15-9-7-13-10-11(12)14/h13H,2-10H2,1H3,(H2,12,14). The fourth-order valence-corrected chi connectivity index (χ4v) is 1.27. The average molecular weight is 216 g/mol. The van der Waals surface area contributed by atoms with Gasteiger partial charge in [0.25, 0.3) is 0 Å². The third-order valence-corrected chi connectivity index (χ3v) is 2.11. The Hall–Kier alpha value is -0.610. The normalized spacial score (nSPS) is 10.5. The second-order valence-corrected chi connectivity index (χ2v) is 3.67. The van der Waals surface area contributed by atoms with Gasteiger partial charge < -0.3 is 15.8 Å². The number of primary amides is 1. The van der Waals surface area contributed by atoms with Crippen molar-refractivity contribution < 1.29 is 9.53 Å². The van der Waals surface area contributed by atoms with Crippen molar-refractivity contribution in [3.05, 3.63) is 0 Å². The quantitative estimate of drug-likeness (QED) is 0.507. The predicted octanol–water partition coefficient (Wildman–Crippen LogP) is 1.05. The molecule has 0 saturated heterocycles. The lowest BCUT2D eigenvalue weighted by Crippen LogP contribution is -2.30. The Labute approximate surface area is 92.6 Å². The van der Waals surface area contributed by atoms with Crippen LogP contribution in [0.5, 0.6) is 0 Å². The summed E-state index contributed by atoms with van der Waals surface area (Å²) in [6, 6.07) is 0. The summed E-state index contributed by atoms with van der Waals surface area (Å²) in [7, 11) is 0. The van der Waals surface area contributed by atoms with Crippen molar-refractivity contribution in [3.63, 3.8) is 0 Å². The number of ether oxygens (including phenoxy) is 1. The Bertz CT molecular complexity index is 152. The van der Waals surface area contributed by atoms with E-state index in [1.807, 2.05) is 0 Å². The van der Waals surface area contributed by atoms with Crippen LogP contribution in [-0.4, -0.2) is 32.2 Å². The van der Waals surface area contributed by atoms with Crippen molar-refractivity contribution in [1.82, 2.24) is 5.32 Å². The molecule has 0 aromatic heterocycles. The van der Waals surface area contributed by atoms with Crippen LogP contribution in [0.1, 0.15) is 39.0 Å². The van der Waals surface area contributed by atoms with E-state index in [4.69, 9.17) is 10.5 Å². The number of carbonyl (C=O) groups is 1. The molecule has 0 bridgehead atoms. The molecule has 0 saturated carbocycles. The molecule has 1 amide bonds. The summed E-state index contributed by atoms with van der Waals surface area (Å²) in [5.41, 5.74) is 4.96. The largest absolute Gasteiger partial charge is 0.380 e. The van der Waals surface area contributed by atoms with Gasteiger partial charge in [-0.25, -0.2) is 0 Å². The summed E-state index contributed by atoms with van der Waals surface area (Å²) in [5.74, 6) is -0.324. The monoisotopic (exact) mass is 216 g/mol. The molecule has 0 aliphatic rings. The molecule has 0 aliphatic carbocycles. The SMILES string of the molecule is CCCCCCCOCCNCC(N)=O. The van der Waals surface area contributed by atoms with E-state index in [1.165, 1.54) is 25.7 Å². The van der Waals surface area contributed by atoms with Gasteiger partial charge in [0.2, 0.25) is 5.91 Å². The minimum atomic E-state index is -0.324. The van der Waals surface area contributed by atoms with Crippen molar-refractivity contribution >= 4 is 5.91 Å².